The number of hydrogen-bond acceptors (Lipinski definition) is 6. The van der Waals surface area contributed by atoms with E-state index < -0.39 is 58.8 Å². The number of halogens is 6. The molecule has 0 aromatic heterocycles. The van der Waals surface area contributed by atoms with Crippen molar-refractivity contribution in [2.45, 2.75) is 75.3 Å². The van der Waals surface area contributed by atoms with Crippen LogP contribution in [0.2, 0.25) is 0 Å². The van der Waals surface area contributed by atoms with Crippen LogP contribution in [0.3, 0.4) is 0 Å². The second-order valence-corrected chi connectivity index (χ2v) is 9.13. The summed E-state index contributed by atoms with van der Waals surface area (Å²) < 4.78 is 105. The molecule has 0 spiro atoms. The minimum atomic E-state index is -5.22. The molecule has 2 rings (SSSR count). The van der Waals surface area contributed by atoms with E-state index in [2.05, 4.69) is 11.8 Å². The lowest BCUT2D eigenvalue weighted by Gasteiger charge is -2.33. The minimum absolute atomic E-state index is 0.000632. The average molecular weight is 603 g/mol. The first kappa shape index (κ1) is 34.6. The van der Waals surface area contributed by atoms with Gasteiger partial charge < -0.3 is 18.9 Å². The molecule has 0 N–H and O–H groups in total. The van der Waals surface area contributed by atoms with Crippen LogP contribution in [-0.2, 0) is 39.7 Å². The molecule has 6 nitrogen and oxygen atoms in total. The Morgan fingerprint density at radius 3 is 1.40 bits per heavy atom. The number of benzene rings is 2. The van der Waals surface area contributed by atoms with Crippen LogP contribution < -0.4 is 0 Å². The van der Waals surface area contributed by atoms with Crippen LogP contribution in [0.4, 0.5) is 26.3 Å². The molecule has 0 aliphatic rings. The summed E-state index contributed by atoms with van der Waals surface area (Å²) >= 11 is 0. The molecule has 0 fully saturated rings. The summed E-state index contributed by atoms with van der Waals surface area (Å²) in [6, 6.07) is 12.3. The van der Waals surface area contributed by atoms with Crippen LogP contribution in [0.1, 0.15) is 50.7 Å². The number of carbonyl (C=O) groups excluding carboxylic acids is 2. The number of esters is 2. The zero-order valence-electron chi connectivity index (χ0n) is 23.5. The normalized spacial score (nSPS) is 16.1. The lowest BCUT2D eigenvalue weighted by Crippen LogP contribution is -2.52. The van der Waals surface area contributed by atoms with Crippen molar-refractivity contribution in [1.82, 2.24) is 0 Å². The molecular weight excluding hydrogens is 570 g/mol. The smallest absolute Gasteiger partial charge is 0.432 e. The van der Waals surface area contributed by atoms with E-state index in [1.54, 1.807) is 6.92 Å². The van der Waals surface area contributed by atoms with E-state index in [0.29, 0.717) is 20.0 Å². The second-order valence-electron chi connectivity index (χ2n) is 9.13. The van der Waals surface area contributed by atoms with E-state index in [1.807, 2.05) is 0 Å². The predicted octanol–water partition coefficient (Wildman–Crippen LogP) is 6.62. The van der Waals surface area contributed by atoms with Gasteiger partial charge in [-0.05, 0) is 19.3 Å². The van der Waals surface area contributed by atoms with E-state index in [0.717, 1.165) is 31.4 Å². The van der Waals surface area contributed by atoms with Gasteiger partial charge in [-0.3, -0.25) is 0 Å². The number of carbonyl (C=O) groups is 2. The highest BCUT2D eigenvalue weighted by Crippen LogP contribution is 2.44. The van der Waals surface area contributed by atoms with Gasteiger partial charge in [-0.1, -0.05) is 92.8 Å². The monoisotopic (exact) mass is 602 g/mol. The van der Waals surface area contributed by atoms with Gasteiger partial charge in [0.25, 0.3) is 11.2 Å². The van der Waals surface area contributed by atoms with Crippen LogP contribution in [0.5, 0.6) is 0 Å². The van der Waals surface area contributed by atoms with Crippen molar-refractivity contribution >= 4 is 11.9 Å². The molecule has 0 saturated heterocycles. The molecule has 42 heavy (non-hydrogen) atoms. The molecule has 230 valence electrons. The van der Waals surface area contributed by atoms with Crippen molar-refractivity contribution in [2.75, 3.05) is 14.2 Å². The van der Waals surface area contributed by atoms with Gasteiger partial charge >= 0.3 is 24.3 Å². The van der Waals surface area contributed by atoms with Crippen molar-refractivity contribution in [2.24, 2.45) is 0 Å². The van der Waals surface area contributed by atoms with Gasteiger partial charge in [-0.2, -0.15) is 26.3 Å². The van der Waals surface area contributed by atoms with Crippen molar-refractivity contribution in [3.8, 4) is 11.8 Å². The summed E-state index contributed by atoms with van der Waals surface area (Å²) in [5.74, 6) is 1.36. The maximum Gasteiger partial charge on any atom is 0.432 e. The second kappa shape index (κ2) is 14.6. The van der Waals surface area contributed by atoms with Gasteiger partial charge in [0, 0.05) is 25.3 Å². The van der Waals surface area contributed by atoms with Gasteiger partial charge in [-0.15, -0.1) is 0 Å². The zero-order valence-corrected chi connectivity index (χ0v) is 23.5. The van der Waals surface area contributed by atoms with Crippen LogP contribution >= 0.6 is 0 Å². The van der Waals surface area contributed by atoms with E-state index in [9.17, 15) is 35.9 Å². The molecule has 2 aromatic rings. The summed E-state index contributed by atoms with van der Waals surface area (Å²) in [4.78, 5) is 26.1. The van der Waals surface area contributed by atoms with Crippen LogP contribution in [-0.4, -0.2) is 50.7 Å². The number of methoxy groups -OCH3 is 2. The molecule has 0 aliphatic heterocycles. The largest absolute Gasteiger partial charge is 0.447 e. The highest BCUT2D eigenvalue weighted by Gasteiger charge is 2.65. The number of ether oxygens (including phenoxy) is 4. The summed E-state index contributed by atoms with van der Waals surface area (Å²) in [7, 11) is 1.43. The van der Waals surface area contributed by atoms with Crippen molar-refractivity contribution in [1.29, 1.82) is 0 Å². The topological polar surface area (TPSA) is 71.1 Å². The Labute approximate surface area is 240 Å². The minimum Gasteiger partial charge on any atom is -0.447 e. The van der Waals surface area contributed by atoms with Gasteiger partial charge in [0.15, 0.2) is 12.2 Å². The fourth-order valence-electron chi connectivity index (χ4n) is 4.15. The zero-order chi connectivity index (χ0) is 31.6. The molecule has 0 bridgehead atoms. The summed E-state index contributed by atoms with van der Waals surface area (Å²) in [5.41, 5.74) is -7.96. The van der Waals surface area contributed by atoms with Crippen LogP contribution in [0.15, 0.2) is 60.7 Å². The lowest BCUT2D eigenvalue weighted by atomic mass is 9.92. The standard InChI is InChI=1S/C30H32F6O6/c1-5-7-18-24(42-26(38)28(40-4,30(34,35)36)22-16-12-9-13-17-22)20-19-23(6-2)41-25(37)27(39-3,29(31,32)33)21-14-10-8-11-15-21/h8-17,23-24H,5-7,18H2,1-4H3/t23-,24-,27?,28?/m0/s1. The quantitative estimate of drug-likeness (QED) is 0.155. The van der Waals surface area contributed by atoms with E-state index in [4.69, 9.17) is 18.9 Å². The third-order valence-electron chi connectivity index (χ3n) is 6.44. The lowest BCUT2D eigenvalue weighted by molar-refractivity contribution is -0.278. The number of unbranched alkanes of at least 4 members (excludes halogenated alkanes) is 1. The first-order valence-corrected chi connectivity index (χ1v) is 13.0. The fourth-order valence-corrected chi connectivity index (χ4v) is 4.15. The third kappa shape index (κ3) is 7.25. The van der Waals surface area contributed by atoms with Crippen LogP contribution in [0.25, 0.3) is 0 Å². The summed E-state index contributed by atoms with van der Waals surface area (Å²) in [5, 5.41) is 0. The van der Waals surface area contributed by atoms with Gasteiger partial charge in [0.2, 0.25) is 0 Å². The van der Waals surface area contributed by atoms with Crippen molar-refractivity contribution in [3.05, 3.63) is 71.8 Å². The van der Waals surface area contributed by atoms with Gasteiger partial charge in [0.05, 0.1) is 0 Å². The fraction of sp³-hybridized carbons (Fsp3) is 0.467. The average Bonchev–Trinajstić information content (AvgIpc) is 2.94. The van der Waals surface area contributed by atoms with Gasteiger partial charge in [-0.25, -0.2) is 9.59 Å². The van der Waals surface area contributed by atoms with E-state index in [1.165, 1.54) is 43.3 Å². The number of hydrogen-bond donors (Lipinski definition) is 0. The molecule has 0 saturated carbocycles. The SMILES string of the molecule is CCCC[C@@H](C#C[C@H](CC)OC(=O)C(OC)(c1ccccc1)C(F)(F)F)OC(=O)C(OC)(c1ccccc1)C(F)(F)F. The Bertz CT molecular complexity index is 1220. The molecule has 4 atom stereocenters. The number of alkyl halides is 6. The molecule has 0 aliphatic carbocycles. The van der Waals surface area contributed by atoms with Crippen LogP contribution in [0, 0.1) is 11.8 Å². The first-order valence-electron chi connectivity index (χ1n) is 13.0. The Balaban J connectivity index is 2.42. The maximum absolute atomic E-state index is 14.3. The molecule has 2 aromatic carbocycles. The van der Waals surface area contributed by atoms with E-state index >= 15 is 0 Å². The highest BCUT2D eigenvalue weighted by atomic mass is 19.4. The Hall–Kier alpha value is -3.56. The number of rotatable bonds is 12. The molecule has 0 heterocycles. The highest BCUT2D eigenvalue weighted by molar-refractivity contribution is 5.83. The van der Waals surface area contributed by atoms with Crippen molar-refractivity contribution < 1.29 is 54.9 Å². The molecule has 2 unspecified atom stereocenters. The molecular formula is C30H32F6O6. The van der Waals surface area contributed by atoms with E-state index in [-0.39, 0.29) is 12.8 Å². The Kier molecular flexibility index (Phi) is 12.0. The van der Waals surface area contributed by atoms with Gasteiger partial charge in [0.1, 0.15) is 0 Å². The van der Waals surface area contributed by atoms with Crippen molar-refractivity contribution in [3.63, 3.8) is 0 Å². The molecule has 0 radical (unpaired) electrons. The molecule has 0 amide bonds. The summed E-state index contributed by atoms with van der Waals surface area (Å²) in [6.45, 7) is 3.26. The Morgan fingerprint density at radius 2 is 1.07 bits per heavy atom. The summed E-state index contributed by atoms with van der Waals surface area (Å²) in [6.07, 6.45) is -12.4. The molecule has 12 heteroatoms. The first-order chi connectivity index (χ1) is 19.7. The maximum atomic E-state index is 14.3. The Morgan fingerprint density at radius 1 is 0.690 bits per heavy atom. The third-order valence-corrected chi connectivity index (χ3v) is 6.44. The predicted molar refractivity (Wildman–Crippen MR) is 140 cm³/mol.